The van der Waals surface area contributed by atoms with Crippen LogP contribution in [0.1, 0.15) is 27.2 Å². The van der Waals surface area contributed by atoms with Crippen molar-refractivity contribution in [2.45, 2.75) is 39.4 Å². The monoisotopic (exact) mass is 223 g/mol. The van der Waals surface area contributed by atoms with Crippen molar-refractivity contribution in [3.8, 4) is 0 Å². The minimum atomic E-state index is -4.56. The molecular formula is C10H13F4N. The summed E-state index contributed by atoms with van der Waals surface area (Å²) in [6.45, 7) is 4.54. The molecule has 86 valence electrons. The van der Waals surface area contributed by atoms with E-state index in [1.165, 1.54) is 20.8 Å². The van der Waals surface area contributed by atoms with E-state index in [4.69, 9.17) is 0 Å². The van der Waals surface area contributed by atoms with Crippen molar-refractivity contribution in [2.75, 3.05) is 0 Å². The van der Waals surface area contributed by atoms with Gasteiger partial charge in [0.2, 0.25) is 0 Å². The number of aliphatic imine (C=N–C) groups is 1. The van der Waals surface area contributed by atoms with Crippen LogP contribution in [0.3, 0.4) is 0 Å². The van der Waals surface area contributed by atoms with Crippen LogP contribution in [0.2, 0.25) is 0 Å². The number of halogens is 4. The maximum Gasteiger partial charge on any atom is 0.433 e. The van der Waals surface area contributed by atoms with E-state index in [9.17, 15) is 17.6 Å². The fourth-order valence-corrected chi connectivity index (χ4v) is 1.65. The Kier molecular flexibility index (Phi) is 3.21. The van der Waals surface area contributed by atoms with Crippen LogP contribution in [0.15, 0.2) is 16.4 Å². The Labute approximate surface area is 85.9 Å². The largest absolute Gasteiger partial charge is 0.433 e. The fraction of sp³-hybridized carbons (Fsp3) is 0.700. The van der Waals surface area contributed by atoms with Gasteiger partial charge in [-0.25, -0.2) is 4.39 Å². The highest BCUT2D eigenvalue weighted by Gasteiger charge is 2.42. The molecule has 0 radical (unpaired) electrons. The molecule has 0 amide bonds. The van der Waals surface area contributed by atoms with Crippen LogP contribution in [0.4, 0.5) is 17.6 Å². The molecule has 1 heterocycles. The van der Waals surface area contributed by atoms with Gasteiger partial charge in [0, 0.05) is 12.0 Å². The Hall–Kier alpha value is -0.870. The smallest absolute Gasteiger partial charge is 0.277 e. The lowest BCUT2D eigenvalue weighted by atomic mass is 9.92. The van der Waals surface area contributed by atoms with Crippen molar-refractivity contribution in [1.82, 2.24) is 0 Å². The van der Waals surface area contributed by atoms with E-state index < -0.39 is 29.7 Å². The summed E-state index contributed by atoms with van der Waals surface area (Å²) in [5.41, 5.74) is -1.34. The molecule has 15 heavy (non-hydrogen) atoms. The molecule has 1 rings (SSSR count). The minimum Gasteiger partial charge on any atom is -0.277 e. The summed E-state index contributed by atoms with van der Waals surface area (Å²) in [5, 5.41) is 0. The first-order valence-corrected chi connectivity index (χ1v) is 4.77. The van der Waals surface area contributed by atoms with Crippen LogP contribution in [0.25, 0.3) is 0 Å². The van der Waals surface area contributed by atoms with E-state index in [1.807, 2.05) is 0 Å². The SMILES string of the molecule is CC(C)C1=C(F)C[C@H](C)N=C1C(F)(F)F. The van der Waals surface area contributed by atoms with Crippen LogP contribution in [-0.2, 0) is 0 Å². The second-order valence-electron chi connectivity index (χ2n) is 4.00. The van der Waals surface area contributed by atoms with Crippen molar-refractivity contribution in [3.63, 3.8) is 0 Å². The summed E-state index contributed by atoms with van der Waals surface area (Å²) < 4.78 is 51.1. The second kappa shape index (κ2) is 3.94. The van der Waals surface area contributed by atoms with E-state index in [-0.39, 0.29) is 12.0 Å². The Morgan fingerprint density at radius 1 is 1.33 bits per heavy atom. The zero-order valence-corrected chi connectivity index (χ0v) is 8.82. The van der Waals surface area contributed by atoms with Crippen LogP contribution in [-0.4, -0.2) is 17.9 Å². The summed E-state index contributed by atoms with van der Waals surface area (Å²) >= 11 is 0. The predicted octanol–water partition coefficient (Wildman–Crippen LogP) is 3.66. The van der Waals surface area contributed by atoms with Crippen molar-refractivity contribution in [2.24, 2.45) is 10.9 Å². The predicted molar refractivity (Wildman–Crippen MR) is 50.5 cm³/mol. The van der Waals surface area contributed by atoms with Gasteiger partial charge in [-0.1, -0.05) is 13.8 Å². The molecule has 0 bridgehead atoms. The van der Waals surface area contributed by atoms with Gasteiger partial charge in [0.25, 0.3) is 0 Å². The van der Waals surface area contributed by atoms with Crippen LogP contribution in [0, 0.1) is 5.92 Å². The zero-order valence-electron chi connectivity index (χ0n) is 8.82. The Bertz CT molecular complexity index is 312. The van der Waals surface area contributed by atoms with E-state index in [0.717, 1.165) is 0 Å². The molecule has 1 aliphatic rings. The molecule has 1 atom stereocenters. The molecule has 0 saturated heterocycles. The standard InChI is InChI=1S/C10H13F4N/c1-5(2)8-7(11)4-6(3)15-9(8)10(12,13)14/h5-6H,4H2,1-3H3/t6-/m0/s1. The molecule has 0 aliphatic carbocycles. The Morgan fingerprint density at radius 2 is 1.87 bits per heavy atom. The number of rotatable bonds is 1. The van der Waals surface area contributed by atoms with Crippen LogP contribution < -0.4 is 0 Å². The first kappa shape index (κ1) is 12.2. The first-order valence-electron chi connectivity index (χ1n) is 4.77. The lowest BCUT2D eigenvalue weighted by Crippen LogP contribution is -2.32. The molecule has 0 spiro atoms. The van der Waals surface area contributed by atoms with Gasteiger partial charge in [-0.2, -0.15) is 13.2 Å². The molecule has 0 fully saturated rings. The van der Waals surface area contributed by atoms with Crippen LogP contribution in [0.5, 0.6) is 0 Å². The molecule has 1 nitrogen and oxygen atoms in total. The number of hydrogen-bond donors (Lipinski definition) is 0. The van der Waals surface area contributed by atoms with Gasteiger partial charge < -0.3 is 0 Å². The number of nitrogens with zero attached hydrogens (tertiary/aromatic N) is 1. The number of hydrogen-bond acceptors (Lipinski definition) is 1. The third kappa shape index (κ3) is 2.58. The Balaban J connectivity index is 3.20. The summed E-state index contributed by atoms with van der Waals surface area (Å²) in [5.74, 6) is -1.18. The van der Waals surface area contributed by atoms with Gasteiger partial charge >= 0.3 is 6.18 Å². The van der Waals surface area contributed by atoms with Crippen molar-refractivity contribution < 1.29 is 17.6 Å². The number of dihydropyridines is 1. The summed E-state index contributed by atoms with van der Waals surface area (Å²) in [4.78, 5) is 3.50. The molecule has 5 heteroatoms. The van der Waals surface area contributed by atoms with E-state index in [0.29, 0.717) is 0 Å². The molecule has 0 saturated carbocycles. The van der Waals surface area contributed by atoms with Crippen LogP contribution >= 0.6 is 0 Å². The quantitative estimate of drug-likeness (QED) is 0.601. The molecule has 0 N–H and O–H groups in total. The van der Waals surface area contributed by atoms with Crippen molar-refractivity contribution >= 4 is 5.71 Å². The van der Waals surface area contributed by atoms with E-state index in [1.54, 1.807) is 0 Å². The van der Waals surface area contributed by atoms with Gasteiger partial charge in [0.05, 0.1) is 6.04 Å². The van der Waals surface area contributed by atoms with Crippen molar-refractivity contribution in [1.29, 1.82) is 0 Å². The maximum absolute atomic E-state index is 13.4. The highest BCUT2D eigenvalue weighted by molar-refractivity contribution is 6.05. The number of alkyl halides is 3. The van der Waals surface area contributed by atoms with Gasteiger partial charge in [0.15, 0.2) is 0 Å². The summed E-state index contributed by atoms with van der Waals surface area (Å²) in [7, 11) is 0. The van der Waals surface area contributed by atoms with Gasteiger partial charge in [-0.3, -0.25) is 4.99 Å². The molecule has 1 aliphatic heterocycles. The Morgan fingerprint density at radius 3 is 2.27 bits per heavy atom. The summed E-state index contributed by atoms with van der Waals surface area (Å²) in [6.07, 6.45) is -4.60. The third-order valence-corrected chi connectivity index (χ3v) is 2.22. The topological polar surface area (TPSA) is 12.4 Å². The maximum atomic E-state index is 13.4. The highest BCUT2D eigenvalue weighted by Crippen LogP contribution is 2.34. The van der Waals surface area contributed by atoms with Gasteiger partial charge in [0.1, 0.15) is 11.5 Å². The number of allylic oxidation sites excluding steroid dienone is 1. The second-order valence-corrected chi connectivity index (χ2v) is 4.00. The minimum absolute atomic E-state index is 0.0346. The highest BCUT2D eigenvalue weighted by atomic mass is 19.4. The molecule has 0 aromatic carbocycles. The lowest BCUT2D eigenvalue weighted by Gasteiger charge is -2.24. The fourth-order valence-electron chi connectivity index (χ4n) is 1.65. The van der Waals surface area contributed by atoms with Gasteiger partial charge in [-0.15, -0.1) is 0 Å². The van der Waals surface area contributed by atoms with E-state index >= 15 is 0 Å². The summed E-state index contributed by atoms with van der Waals surface area (Å²) in [6, 6.07) is -0.635. The third-order valence-electron chi connectivity index (χ3n) is 2.22. The molecule has 0 aromatic heterocycles. The molecule has 0 aromatic rings. The lowest BCUT2D eigenvalue weighted by molar-refractivity contribution is -0.0593. The zero-order chi connectivity index (χ0) is 11.8. The van der Waals surface area contributed by atoms with Crippen molar-refractivity contribution in [3.05, 3.63) is 11.4 Å². The average Bonchev–Trinajstić information content (AvgIpc) is 1.99. The molecular weight excluding hydrogens is 210 g/mol. The van der Waals surface area contributed by atoms with E-state index in [2.05, 4.69) is 4.99 Å². The average molecular weight is 223 g/mol. The molecule has 0 unspecified atom stereocenters. The van der Waals surface area contributed by atoms with Gasteiger partial charge in [-0.05, 0) is 12.8 Å². The first-order chi connectivity index (χ1) is 6.73. The normalized spacial score (nSPS) is 23.5.